The number of allylic oxidation sites excluding steroid dienone is 2. The van der Waals surface area contributed by atoms with Gasteiger partial charge in [-0.2, -0.15) is 0 Å². The number of phenolic OH excluding ortho intramolecular Hbond substituents is 1. The minimum absolute atomic E-state index is 0.00887. The number of carboxylic acids is 1. The van der Waals surface area contributed by atoms with Gasteiger partial charge in [0, 0.05) is 24.4 Å². The highest BCUT2D eigenvalue weighted by molar-refractivity contribution is 6.09. The van der Waals surface area contributed by atoms with E-state index in [0.29, 0.717) is 42.8 Å². The van der Waals surface area contributed by atoms with E-state index < -0.39 is 5.97 Å². The SMILES string of the molecule is O=C(O)C1=C(/C=C2\CCN(c3ccc(O)cc3)C2=O)C[C@@H]2CN[C@@H]3C(=O)N1[C@H]23. The Kier molecular flexibility index (Phi) is 3.60. The number of phenols is 1. The van der Waals surface area contributed by atoms with Gasteiger partial charge in [0.25, 0.3) is 5.91 Å². The largest absolute Gasteiger partial charge is 0.508 e. The van der Waals surface area contributed by atoms with Crippen LogP contribution in [-0.4, -0.2) is 58.1 Å². The third kappa shape index (κ3) is 2.31. The molecule has 0 saturated carbocycles. The van der Waals surface area contributed by atoms with Gasteiger partial charge in [0.15, 0.2) is 0 Å². The molecule has 3 fully saturated rings. The Bertz CT molecular complexity index is 965. The Labute approximate surface area is 160 Å². The van der Waals surface area contributed by atoms with Crippen molar-refractivity contribution in [1.82, 2.24) is 10.2 Å². The van der Waals surface area contributed by atoms with Crippen LogP contribution in [0.1, 0.15) is 12.8 Å². The van der Waals surface area contributed by atoms with Gasteiger partial charge in [0.05, 0.1) is 6.04 Å². The van der Waals surface area contributed by atoms with Crippen LogP contribution in [0, 0.1) is 5.92 Å². The molecule has 4 aliphatic heterocycles. The number of nitrogens with zero attached hydrogens (tertiary/aromatic N) is 2. The van der Waals surface area contributed by atoms with Crippen LogP contribution in [0.25, 0.3) is 0 Å². The molecule has 0 radical (unpaired) electrons. The van der Waals surface area contributed by atoms with E-state index >= 15 is 0 Å². The van der Waals surface area contributed by atoms with Gasteiger partial charge in [-0.1, -0.05) is 0 Å². The molecule has 0 aromatic heterocycles. The van der Waals surface area contributed by atoms with E-state index in [1.807, 2.05) is 0 Å². The minimum atomic E-state index is -1.13. The second-order valence-corrected chi connectivity index (χ2v) is 7.62. The molecule has 8 nitrogen and oxygen atoms in total. The molecular formula is C20H19N3O5. The summed E-state index contributed by atoms with van der Waals surface area (Å²) >= 11 is 0. The molecule has 2 amide bonds. The summed E-state index contributed by atoms with van der Waals surface area (Å²) in [6, 6.07) is 6.03. The maximum absolute atomic E-state index is 12.9. The second-order valence-electron chi connectivity index (χ2n) is 7.62. The van der Waals surface area contributed by atoms with E-state index in [2.05, 4.69) is 5.32 Å². The first kappa shape index (κ1) is 17.0. The number of carbonyl (C=O) groups is 3. The smallest absolute Gasteiger partial charge is 0.352 e. The number of aliphatic carboxylic acids is 1. The molecule has 0 spiro atoms. The standard InChI is InChI=1S/C20H19N3O5/c24-14-3-1-13(2-4-14)22-6-5-10(18(22)25)7-11-8-12-9-21-15-16(12)23(19(15)26)17(11)20(27)28/h1-4,7,12,15-16,21,24H,5-6,8-9H2,(H,27,28)/b10-7+/t12-,15+,16-/m1/s1. The van der Waals surface area contributed by atoms with Crippen molar-refractivity contribution in [3.63, 3.8) is 0 Å². The van der Waals surface area contributed by atoms with Gasteiger partial charge in [-0.05, 0) is 54.7 Å². The molecule has 3 N–H and O–H groups in total. The van der Waals surface area contributed by atoms with E-state index in [1.165, 1.54) is 17.0 Å². The van der Waals surface area contributed by atoms with Crippen LogP contribution in [0.4, 0.5) is 5.69 Å². The molecule has 4 aliphatic rings. The minimum Gasteiger partial charge on any atom is -0.508 e. The number of carbonyl (C=O) groups excluding carboxylic acids is 2. The molecular weight excluding hydrogens is 362 g/mol. The van der Waals surface area contributed by atoms with Crippen LogP contribution in [-0.2, 0) is 14.4 Å². The van der Waals surface area contributed by atoms with Crippen LogP contribution in [0.3, 0.4) is 0 Å². The Morgan fingerprint density at radius 2 is 1.96 bits per heavy atom. The molecule has 0 bridgehead atoms. The molecule has 4 heterocycles. The van der Waals surface area contributed by atoms with Crippen LogP contribution >= 0.6 is 0 Å². The van der Waals surface area contributed by atoms with Crippen molar-refractivity contribution in [2.24, 2.45) is 5.92 Å². The zero-order chi connectivity index (χ0) is 19.6. The average molecular weight is 381 g/mol. The Balaban J connectivity index is 1.48. The lowest BCUT2D eigenvalue weighted by Gasteiger charge is -2.48. The highest BCUT2D eigenvalue weighted by Gasteiger charge is 2.59. The zero-order valence-electron chi connectivity index (χ0n) is 15.0. The molecule has 3 saturated heterocycles. The van der Waals surface area contributed by atoms with Crippen molar-refractivity contribution in [3.05, 3.63) is 47.2 Å². The molecule has 8 heteroatoms. The Hall–Kier alpha value is -3.13. The fourth-order valence-electron chi connectivity index (χ4n) is 4.79. The quantitative estimate of drug-likeness (QED) is 0.522. The number of carboxylic acid groups (broad SMARTS) is 1. The average Bonchev–Trinajstić information content (AvgIpc) is 3.23. The number of benzene rings is 1. The van der Waals surface area contributed by atoms with Gasteiger partial charge < -0.3 is 20.4 Å². The van der Waals surface area contributed by atoms with Crippen molar-refractivity contribution in [2.45, 2.75) is 24.9 Å². The van der Waals surface area contributed by atoms with Crippen molar-refractivity contribution < 1.29 is 24.6 Å². The molecule has 0 aliphatic carbocycles. The molecule has 28 heavy (non-hydrogen) atoms. The summed E-state index contributed by atoms with van der Waals surface area (Å²) < 4.78 is 0. The third-order valence-corrected chi connectivity index (χ3v) is 6.09. The van der Waals surface area contributed by atoms with Crippen molar-refractivity contribution in [1.29, 1.82) is 0 Å². The number of anilines is 1. The topological polar surface area (TPSA) is 110 Å². The van der Waals surface area contributed by atoms with Crippen LogP contribution < -0.4 is 10.2 Å². The maximum Gasteiger partial charge on any atom is 0.352 e. The second kappa shape index (κ2) is 5.93. The molecule has 5 rings (SSSR count). The summed E-state index contributed by atoms with van der Waals surface area (Å²) in [5.74, 6) is -1.22. The van der Waals surface area contributed by atoms with Gasteiger partial charge in [0.1, 0.15) is 17.5 Å². The predicted octanol–water partition coefficient (Wildman–Crippen LogP) is 0.597. The molecule has 0 unspecified atom stereocenters. The number of amides is 2. The zero-order valence-corrected chi connectivity index (χ0v) is 15.0. The lowest BCUT2D eigenvalue weighted by molar-refractivity contribution is -0.153. The van der Waals surface area contributed by atoms with Crippen LogP contribution in [0.2, 0.25) is 0 Å². The Morgan fingerprint density at radius 1 is 1.21 bits per heavy atom. The van der Waals surface area contributed by atoms with Crippen LogP contribution in [0.5, 0.6) is 5.75 Å². The van der Waals surface area contributed by atoms with E-state index in [0.717, 1.165) is 0 Å². The van der Waals surface area contributed by atoms with E-state index in [9.17, 15) is 24.6 Å². The first-order valence-corrected chi connectivity index (χ1v) is 9.30. The van der Waals surface area contributed by atoms with E-state index in [-0.39, 0.29) is 41.3 Å². The Morgan fingerprint density at radius 3 is 2.68 bits per heavy atom. The highest BCUT2D eigenvalue weighted by Crippen LogP contribution is 2.44. The van der Waals surface area contributed by atoms with Gasteiger partial charge in [-0.25, -0.2) is 4.79 Å². The van der Waals surface area contributed by atoms with Gasteiger partial charge >= 0.3 is 5.97 Å². The highest BCUT2D eigenvalue weighted by atomic mass is 16.4. The van der Waals surface area contributed by atoms with Crippen molar-refractivity contribution >= 4 is 23.5 Å². The lowest BCUT2D eigenvalue weighted by atomic mass is 9.79. The predicted molar refractivity (Wildman–Crippen MR) is 98.4 cm³/mol. The van der Waals surface area contributed by atoms with E-state index in [1.54, 1.807) is 23.1 Å². The van der Waals surface area contributed by atoms with Gasteiger partial charge in [-0.3, -0.25) is 14.5 Å². The number of aromatic hydroxyl groups is 1. The number of nitrogens with one attached hydrogen (secondary N) is 1. The maximum atomic E-state index is 12.9. The summed E-state index contributed by atoms with van der Waals surface area (Å²) in [6.45, 7) is 1.16. The number of hydrogen-bond acceptors (Lipinski definition) is 5. The monoisotopic (exact) mass is 381 g/mol. The molecule has 144 valence electrons. The lowest BCUT2D eigenvalue weighted by Crippen LogP contribution is -2.68. The first-order valence-electron chi connectivity index (χ1n) is 9.30. The normalized spacial score (nSPS) is 30.1. The molecule has 1 aromatic carbocycles. The summed E-state index contributed by atoms with van der Waals surface area (Å²) in [4.78, 5) is 40.1. The number of β-lactam (4-membered cyclic amide) rings is 1. The molecule has 1 aromatic rings. The summed E-state index contributed by atoms with van der Waals surface area (Å²) in [5.41, 5.74) is 1.77. The summed E-state index contributed by atoms with van der Waals surface area (Å²) in [6.07, 6.45) is 2.70. The fraction of sp³-hybridized carbons (Fsp3) is 0.350. The van der Waals surface area contributed by atoms with Gasteiger partial charge in [0.2, 0.25) is 5.91 Å². The third-order valence-electron chi connectivity index (χ3n) is 6.09. The number of hydrogen-bond donors (Lipinski definition) is 3. The van der Waals surface area contributed by atoms with Crippen LogP contribution in [0.15, 0.2) is 47.2 Å². The van der Waals surface area contributed by atoms with E-state index in [4.69, 9.17) is 0 Å². The molecule has 3 atom stereocenters. The summed E-state index contributed by atoms with van der Waals surface area (Å²) in [5, 5.41) is 22.3. The fourth-order valence-corrected chi connectivity index (χ4v) is 4.79. The van der Waals surface area contributed by atoms with Gasteiger partial charge in [-0.15, -0.1) is 0 Å². The summed E-state index contributed by atoms with van der Waals surface area (Å²) in [7, 11) is 0. The van der Waals surface area contributed by atoms with Crippen molar-refractivity contribution in [3.8, 4) is 5.75 Å². The number of rotatable bonds is 3. The van der Waals surface area contributed by atoms with Crippen molar-refractivity contribution in [2.75, 3.05) is 18.0 Å². The first-order chi connectivity index (χ1) is 13.5.